The maximum absolute atomic E-state index is 12.9. The molecular formula is C23H30N2O2S. The SMILES string of the molecule is CNC(=O)C1(Cc2ccc(-c3cccs3)cc2)CCCN(C(=O)CC(C)C)C1. The van der Waals surface area contributed by atoms with Gasteiger partial charge in [-0.05, 0) is 47.8 Å². The van der Waals surface area contributed by atoms with E-state index in [1.165, 1.54) is 10.4 Å². The molecule has 0 radical (unpaired) electrons. The summed E-state index contributed by atoms with van der Waals surface area (Å²) in [6.45, 7) is 5.37. The molecule has 0 aliphatic carbocycles. The van der Waals surface area contributed by atoms with Crippen LogP contribution in [0.25, 0.3) is 10.4 Å². The predicted molar refractivity (Wildman–Crippen MR) is 115 cm³/mol. The van der Waals surface area contributed by atoms with Crippen LogP contribution < -0.4 is 5.32 Å². The highest BCUT2D eigenvalue weighted by Crippen LogP contribution is 2.35. The molecule has 28 heavy (non-hydrogen) atoms. The van der Waals surface area contributed by atoms with Crippen LogP contribution in [0.3, 0.4) is 0 Å². The molecule has 1 aliphatic heterocycles. The van der Waals surface area contributed by atoms with Crippen LogP contribution in [-0.4, -0.2) is 36.9 Å². The van der Waals surface area contributed by atoms with Crippen molar-refractivity contribution in [3.05, 3.63) is 47.3 Å². The van der Waals surface area contributed by atoms with Crippen molar-refractivity contribution >= 4 is 23.2 Å². The molecule has 1 saturated heterocycles. The van der Waals surface area contributed by atoms with E-state index in [0.717, 1.165) is 24.9 Å². The first-order chi connectivity index (χ1) is 13.4. The summed E-state index contributed by atoms with van der Waals surface area (Å²) in [4.78, 5) is 28.7. The lowest BCUT2D eigenvalue weighted by Gasteiger charge is -2.42. The van der Waals surface area contributed by atoms with Gasteiger partial charge in [0.25, 0.3) is 0 Å². The van der Waals surface area contributed by atoms with Crippen molar-refractivity contribution < 1.29 is 9.59 Å². The van der Waals surface area contributed by atoms with Gasteiger partial charge in [0.15, 0.2) is 0 Å². The first-order valence-corrected chi connectivity index (χ1v) is 10.9. The number of carbonyl (C=O) groups excluding carboxylic acids is 2. The molecule has 1 fully saturated rings. The second-order valence-corrected chi connectivity index (χ2v) is 9.17. The van der Waals surface area contributed by atoms with Crippen LogP contribution in [0.5, 0.6) is 0 Å². The fourth-order valence-electron chi connectivity index (χ4n) is 4.12. The van der Waals surface area contributed by atoms with Gasteiger partial charge in [-0.2, -0.15) is 0 Å². The summed E-state index contributed by atoms with van der Waals surface area (Å²) in [6.07, 6.45) is 2.87. The van der Waals surface area contributed by atoms with Crippen molar-refractivity contribution in [2.45, 2.75) is 39.5 Å². The minimum absolute atomic E-state index is 0.0388. The van der Waals surface area contributed by atoms with E-state index >= 15 is 0 Å². The van der Waals surface area contributed by atoms with Crippen LogP contribution in [0, 0.1) is 11.3 Å². The zero-order valence-electron chi connectivity index (χ0n) is 17.0. The van der Waals surface area contributed by atoms with Crippen molar-refractivity contribution in [1.82, 2.24) is 10.2 Å². The Bertz CT molecular complexity index is 799. The number of rotatable bonds is 6. The summed E-state index contributed by atoms with van der Waals surface area (Å²) in [7, 11) is 1.69. The van der Waals surface area contributed by atoms with Gasteiger partial charge in [0.05, 0.1) is 5.41 Å². The Morgan fingerprint density at radius 3 is 2.57 bits per heavy atom. The van der Waals surface area contributed by atoms with E-state index in [4.69, 9.17) is 0 Å². The van der Waals surface area contributed by atoms with Gasteiger partial charge >= 0.3 is 0 Å². The molecular weight excluding hydrogens is 368 g/mol. The Morgan fingerprint density at radius 1 is 1.21 bits per heavy atom. The van der Waals surface area contributed by atoms with Gasteiger partial charge in [0, 0.05) is 31.4 Å². The van der Waals surface area contributed by atoms with Crippen molar-refractivity contribution in [3.63, 3.8) is 0 Å². The molecule has 3 rings (SSSR count). The highest BCUT2D eigenvalue weighted by molar-refractivity contribution is 7.13. The summed E-state index contributed by atoms with van der Waals surface area (Å²) in [6, 6.07) is 12.7. The zero-order chi connectivity index (χ0) is 20.1. The smallest absolute Gasteiger partial charge is 0.228 e. The van der Waals surface area contributed by atoms with E-state index in [-0.39, 0.29) is 11.8 Å². The number of likely N-dealkylation sites (tertiary alicyclic amines) is 1. The van der Waals surface area contributed by atoms with Crippen LogP contribution in [0.2, 0.25) is 0 Å². The monoisotopic (exact) mass is 398 g/mol. The van der Waals surface area contributed by atoms with Crippen LogP contribution in [-0.2, 0) is 16.0 Å². The Kier molecular flexibility index (Phi) is 6.55. The number of nitrogens with zero attached hydrogens (tertiary/aromatic N) is 1. The largest absolute Gasteiger partial charge is 0.359 e. The third-order valence-electron chi connectivity index (χ3n) is 5.52. The predicted octanol–water partition coefficient (Wildman–Crippen LogP) is 4.36. The van der Waals surface area contributed by atoms with Gasteiger partial charge in [0.1, 0.15) is 0 Å². The van der Waals surface area contributed by atoms with Gasteiger partial charge in [-0.3, -0.25) is 9.59 Å². The van der Waals surface area contributed by atoms with E-state index < -0.39 is 5.41 Å². The molecule has 1 aromatic carbocycles. The molecule has 2 amide bonds. The zero-order valence-corrected chi connectivity index (χ0v) is 17.8. The highest BCUT2D eigenvalue weighted by atomic mass is 32.1. The number of piperidine rings is 1. The first-order valence-electron chi connectivity index (χ1n) is 10.1. The molecule has 150 valence electrons. The number of benzene rings is 1. The Hall–Kier alpha value is -2.14. The molecule has 1 atom stereocenters. The molecule has 1 aromatic heterocycles. The standard InChI is InChI=1S/C23H30N2O2S/c1-17(2)14-21(26)25-12-5-11-23(16-25,22(27)24-3)15-18-7-9-19(10-8-18)20-6-4-13-28-20/h4,6-10,13,17H,5,11-12,14-16H2,1-3H3,(H,24,27). The summed E-state index contributed by atoms with van der Waals surface area (Å²) < 4.78 is 0. The molecule has 0 bridgehead atoms. The van der Waals surface area contributed by atoms with E-state index in [1.54, 1.807) is 18.4 Å². The van der Waals surface area contributed by atoms with Gasteiger partial charge in [-0.1, -0.05) is 44.2 Å². The van der Waals surface area contributed by atoms with Crippen LogP contribution >= 0.6 is 11.3 Å². The molecule has 4 nitrogen and oxygen atoms in total. The maximum Gasteiger partial charge on any atom is 0.228 e. The minimum Gasteiger partial charge on any atom is -0.359 e. The molecule has 5 heteroatoms. The van der Waals surface area contributed by atoms with E-state index in [9.17, 15) is 9.59 Å². The number of thiophene rings is 1. The minimum atomic E-state index is -0.551. The van der Waals surface area contributed by atoms with Gasteiger partial charge in [-0.15, -0.1) is 11.3 Å². The second-order valence-electron chi connectivity index (χ2n) is 8.23. The second kappa shape index (κ2) is 8.91. The molecule has 0 spiro atoms. The lowest BCUT2D eigenvalue weighted by Crippen LogP contribution is -2.54. The quantitative estimate of drug-likeness (QED) is 0.786. The normalized spacial score (nSPS) is 19.6. The van der Waals surface area contributed by atoms with Gasteiger partial charge in [-0.25, -0.2) is 0 Å². The van der Waals surface area contributed by atoms with Crippen molar-refractivity contribution in [2.24, 2.45) is 11.3 Å². The Balaban J connectivity index is 1.79. The van der Waals surface area contributed by atoms with Crippen molar-refractivity contribution in [2.75, 3.05) is 20.1 Å². The molecule has 2 aromatic rings. The molecule has 2 heterocycles. The van der Waals surface area contributed by atoms with Gasteiger partial charge < -0.3 is 10.2 Å². The fourth-order valence-corrected chi connectivity index (χ4v) is 4.85. The number of carbonyl (C=O) groups is 2. The average Bonchev–Trinajstić information content (AvgIpc) is 3.22. The van der Waals surface area contributed by atoms with Crippen molar-refractivity contribution in [3.8, 4) is 10.4 Å². The summed E-state index contributed by atoms with van der Waals surface area (Å²) in [5, 5.41) is 4.93. The summed E-state index contributed by atoms with van der Waals surface area (Å²) in [5.74, 6) is 0.529. The maximum atomic E-state index is 12.9. The molecule has 1 N–H and O–H groups in total. The van der Waals surface area contributed by atoms with Gasteiger partial charge in [0.2, 0.25) is 11.8 Å². The lowest BCUT2D eigenvalue weighted by atomic mass is 9.74. The number of hydrogen-bond donors (Lipinski definition) is 1. The number of hydrogen-bond acceptors (Lipinski definition) is 3. The Labute approximate surface area is 172 Å². The van der Waals surface area contributed by atoms with E-state index in [1.807, 2.05) is 4.90 Å². The van der Waals surface area contributed by atoms with Crippen LogP contribution in [0.15, 0.2) is 41.8 Å². The first kappa shape index (κ1) is 20.6. The van der Waals surface area contributed by atoms with Crippen LogP contribution in [0.4, 0.5) is 0 Å². The fraction of sp³-hybridized carbons (Fsp3) is 0.478. The molecule has 1 aliphatic rings. The van der Waals surface area contributed by atoms with E-state index in [2.05, 4.69) is 60.9 Å². The van der Waals surface area contributed by atoms with Crippen molar-refractivity contribution in [1.29, 1.82) is 0 Å². The number of nitrogens with one attached hydrogen (secondary N) is 1. The molecule has 1 unspecified atom stereocenters. The van der Waals surface area contributed by atoms with E-state index in [0.29, 0.717) is 25.3 Å². The Morgan fingerprint density at radius 2 is 1.96 bits per heavy atom. The number of amides is 2. The highest BCUT2D eigenvalue weighted by Gasteiger charge is 2.43. The average molecular weight is 399 g/mol. The lowest BCUT2D eigenvalue weighted by molar-refractivity contribution is -0.141. The third kappa shape index (κ3) is 4.64. The third-order valence-corrected chi connectivity index (χ3v) is 6.44. The molecule has 0 saturated carbocycles. The topological polar surface area (TPSA) is 49.4 Å². The summed E-state index contributed by atoms with van der Waals surface area (Å²) >= 11 is 1.73. The van der Waals surface area contributed by atoms with Crippen LogP contribution in [0.1, 0.15) is 38.7 Å². The summed E-state index contributed by atoms with van der Waals surface area (Å²) in [5.41, 5.74) is 1.79.